The first kappa shape index (κ1) is 20.4. The second-order valence-corrected chi connectivity index (χ2v) is 6.65. The molecule has 0 saturated carbocycles. The Morgan fingerprint density at radius 2 is 2.07 bits per heavy atom. The molecule has 0 aliphatic heterocycles. The van der Waals surface area contributed by atoms with Crippen LogP contribution in [0.25, 0.3) is 0 Å². The number of furan rings is 1. The van der Waals surface area contributed by atoms with Gasteiger partial charge < -0.3 is 14.5 Å². The van der Waals surface area contributed by atoms with E-state index in [1.807, 2.05) is 0 Å². The number of hydrogen-bond donors (Lipinski definition) is 1. The van der Waals surface area contributed by atoms with Gasteiger partial charge in [0, 0.05) is 6.54 Å². The Bertz CT molecular complexity index is 1040. The maximum absolute atomic E-state index is 12.2. The van der Waals surface area contributed by atoms with Crippen molar-refractivity contribution in [2.24, 2.45) is 0 Å². The SMILES string of the molecule is Cc1nn(CCNC(=O)c2ccc(COc3ccccc3Cl)o2)c(C)c1[N+](=O)[O-]. The number of nitrogens with zero attached hydrogens (tertiary/aromatic N) is 3. The molecule has 2 heterocycles. The summed E-state index contributed by atoms with van der Waals surface area (Å²) in [6.07, 6.45) is 0. The fourth-order valence-corrected chi connectivity index (χ4v) is 3.01. The highest BCUT2D eigenvalue weighted by molar-refractivity contribution is 6.32. The van der Waals surface area contributed by atoms with Gasteiger partial charge in [-0.05, 0) is 38.1 Å². The molecule has 9 nitrogen and oxygen atoms in total. The average Bonchev–Trinajstić information content (AvgIpc) is 3.25. The first-order chi connectivity index (χ1) is 13.9. The lowest BCUT2D eigenvalue weighted by atomic mass is 10.3. The molecule has 1 amide bonds. The standard InChI is InChI=1S/C19H19ClN4O5/c1-12-18(24(26)27)13(2)23(22-12)10-9-21-19(25)17-8-7-14(29-17)11-28-16-6-4-3-5-15(16)20/h3-8H,9-11H2,1-2H3,(H,21,25). The number of carbonyl (C=O) groups is 1. The number of amides is 1. The van der Waals surface area contributed by atoms with Crippen LogP contribution in [0.3, 0.4) is 0 Å². The number of benzene rings is 1. The molecule has 0 radical (unpaired) electrons. The molecule has 1 N–H and O–H groups in total. The number of nitro groups is 1. The zero-order valence-corrected chi connectivity index (χ0v) is 16.6. The molecular formula is C19H19ClN4O5. The molecule has 0 saturated heterocycles. The molecule has 10 heteroatoms. The third-order valence-electron chi connectivity index (χ3n) is 4.23. The number of nitrogens with one attached hydrogen (secondary N) is 1. The van der Waals surface area contributed by atoms with Gasteiger partial charge in [-0.1, -0.05) is 23.7 Å². The highest BCUT2D eigenvalue weighted by Gasteiger charge is 2.21. The van der Waals surface area contributed by atoms with E-state index in [0.717, 1.165) is 0 Å². The molecule has 1 aromatic carbocycles. The van der Waals surface area contributed by atoms with Gasteiger partial charge in [0.1, 0.15) is 29.5 Å². The fourth-order valence-electron chi connectivity index (χ4n) is 2.82. The number of aromatic nitrogens is 2. The van der Waals surface area contributed by atoms with Crippen LogP contribution >= 0.6 is 11.6 Å². The second kappa shape index (κ2) is 8.78. The lowest BCUT2D eigenvalue weighted by Gasteiger charge is -2.06. The van der Waals surface area contributed by atoms with E-state index >= 15 is 0 Å². The summed E-state index contributed by atoms with van der Waals surface area (Å²) >= 11 is 6.03. The number of para-hydroxylation sites is 1. The van der Waals surface area contributed by atoms with E-state index in [9.17, 15) is 14.9 Å². The van der Waals surface area contributed by atoms with Crippen molar-refractivity contribution < 1.29 is 18.9 Å². The van der Waals surface area contributed by atoms with Crippen LogP contribution in [-0.4, -0.2) is 27.2 Å². The van der Waals surface area contributed by atoms with Gasteiger partial charge in [-0.15, -0.1) is 0 Å². The average molecular weight is 419 g/mol. The van der Waals surface area contributed by atoms with Crippen LogP contribution in [0.15, 0.2) is 40.8 Å². The summed E-state index contributed by atoms with van der Waals surface area (Å²) in [5.74, 6) is 0.743. The van der Waals surface area contributed by atoms with Crippen molar-refractivity contribution in [2.75, 3.05) is 6.54 Å². The zero-order chi connectivity index (χ0) is 21.0. The normalized spacial score (nSPS) is 10.7. The molecule has 0 atom stereocenters. The molecule has 2 aromatic heterocycles. The summed E-state index contributed by atoms with van der Waals surface area (Å²) in [7, 11) is 0. The maximum atomic E-state index is 12.2. The maximum Gasteiger partial charge on any atom is 0.312 e. The third kappa shape index (κ3) is 4.75. The Balaban J connectivity index is 1.52. The lowest BCUT2D eigenvalue weighted by Crippen LogP contribution is -2.27. The molecule has 0 aliphatic carbocycles. The van der Waals surface area contributed by atoms with Gasteiger partial charge in [-0.2, -0.15) is 5.10 Å². The second-order valence-electron chi connectivity index (χ2n) is 6.24. The van der Waals surface area contributed by atoms with Crippen LogP contribution in [0.5, 0.6) is 5.75 Å². The Morgan fingerprint density at radius 3 is 2.76 bits per heavy atom. The molecule has 0 spiro atoms. The van der Waals surface area contributed by atoms with Crippen molar-refractivity contribution >= 4 is 23.2 Å². The predicted octanol–water partition coefficient (Wildman–Crippen LogP) is 3.66. The van der Waals surface area contributed by atoms with Crippen LogP contribution in [0, 0.1) is 24.0 Å². The van der Waals surface area contributed by atoms with E-state index in [-0.39, 0.29) is 24.6 Å². The first-order valence-electron chi connectivity index (χ1n) is 8.79. The molecule has 0 unspecified atom stereocenters. The Labute approximate surface area is 171 Å². The highest BCUT2D eigenvalue weighted by Crippen LogP contribution is 2.24. The summed E-state index contributed by atoms with van der Waals surface area (Å²) in [5.41, 5.74) is 0.775. The van der Waals surface area contributed by atoms with Crippen molar-refractivity contribution in [3.8, 4) is 5.75 Å². The Morgan fingerprint density at radius 1 is 1.31 bits per heavy atom. The van der Waals surface area contributed by atoms with Gasteiger partial charge in [0.15, 0.2) is 5.76 Å². The molecule has 0 fully saturated rings. The minimum absolute atomic E-state index is 0.00878. The minimum atomic E-state index is -0.457. The number of aryl methyl sites for hydroxylation is 1. The van der Waals surface area contributed by atoms with Gasteiger partial charge in [0.05, 0.1) is 16.5 Å². The first-order valence-corrected chi connectivity index (χ1v) is 9.17. The Hall–Kier alpha value is -3.33. The molecule has 29 heavy (non-hydrogen) atoms. The molecule has 0 bridgehead atoms. The van der Waals surface area contributed by atoms with E-state index in [1.54, 1.807) is 50.2 Å². The Kier molecular flexibility index (Phi) is 6.18. The quantitative estimate of drug-likeness (QED) is 0.441. The van der Waals surface area contributed by atoms with Crippen molar-refractivity contribution in [3.05, 3.63) is 74.4 Å². The van der Waals surface area contributed by atoms with Gasteiger partial charge in [0.25, 0.3) is 5.91 Å². The van der Waals surface area contributed by atoms with Gasteiger partial charge in [0.2, 0.25) is 0 Å². The van der Waals surface area contributed by atoms with Crippen LogP contribution < -0.4 is 10.1 Å². The van der Waals surface area contributed by atoms with E-state index < -0.39 is 10.8 Å². The number of carbonyl (C=O) groups excluding carboxylic acids is 1. The van der Waals surface area contributed by atoms with E-state index in [0.29, 0.717) is 34.5 Å². The smallest absolute Gasteiger partial charge is 0.312 e. The van der Waals surface area contributed by atoms with Gasteiger partial charge in [-0.3, -0.25) is 19.6 Å². The molecule has 152 valence electrons. The lowest BCUT2D eigenvalue weighted by molar-refractivity contribution is -0.386. The predicted molar refractivity (Wildman–Crippen MR) is 105 cm³/mol. The zero-order valence-electron chi connectivity index (χ0n) is 15.8. The molecular weight excluding hydrogens is 400 g/mol. The van der Waals surface area contributed by atoms with Crippen molar-refractivity contribution in [1.82, 2.24) is 15.1 Å². The van der Waals surface area contributed by atoms with Crippen LogP contribution in [0.4, 0.5) is 5.69 Å². The summed E-state index contributed by atoms with van der Waals surface area (Å²) in [6.45, 7) is 3.87. The van der Waals surface area contributed by atoms with Crippen LogP contribution in [-0.2, 0) is 13.2 Å². The van der Waals surface area contributed by atoms with E-state index in [2.05, 4.69) is 10.4 Å². The van der Waals surface area contributed by atoms with Crippen molar-refractivity contribution in [3.63, 3.8) is 0 Å². The topological polar surface area (TPSA) is 112 Å². The largest absolute Gasteiger partial charge is 0.484 e. The van der Waals surface area contributed by atoms with E-state index in [4.69, 9.17) is 20.8 Å². The van der Waals surface area contributed by atoms with Crippen molar-refractivity contribution in [1.29, 1.82) is 0 Å². The summed E-state index contributed by atoms with van der Waals surface area (Å²) < 4.78 is 12.6. The number of rotatable bonds is 8. The summed E-state index contributed by atoms with van der Waals surface area (Å²) in [6, 6.07) is 10.3. The number of hydrogen-bond acceptors (Lipinski definition) is 6. The van der Waals surface area contributed by atoms with Crippen LogP contribution in [0.1, 0.15) is 27.7 Å². The van der Waals surface area contributed by atoms with Crippen molar-refractivity contribution in [2.45, 2.75) is 27.0 Å². The third-order valence-corrected chi connectivity index (χ3v) is 4.54. The van der Waals surface area contributed by atoms with Gasteiger partial charge >= 0.3 is 5.69 Å². The molecule has 3 rings (SSSR count). The number of ether oxygens (including phenoxy) is 1. The number of halogens is 1. The molecule has 0 aliphatic rings. The van der Waals surface area contributed by atoms with Crippen LogP contribution in [0.2, 0.25) is 5.02 Å². The molecule has 3 aromatic rings. The van der Waals surface area contributed by atoms with Gasteiger partial charge in [-0.25, -0.2) is 0 Å². The fraction of sp³-hybridized carbons (Fsp3) is 0.263. The monoisotopic (exact) mass is 418 g/mol. The van der Waals surface area contributed by atoms with E-state index in [1.165, 1.54) is 4.68 Å². The highest BCUT2D eigenvalue weighted by atomic mass is 35.5. The summed E-state index contributed by atoms with van der Waals surface area (Å²) in [4.78, 5) is 22.8. The minimum Gasteiger partial charge on any atom is -0.484 e. The summed E-state index contributed by atoms with van der Waals surface area (Å²) in [5, 5.41) is 18.4.